The third-order valence-corrected chi connectivity index (χ3v) is 5.40. The predicted octanol–water partition coefficient (Wildman–Crippen LogP) is 4.49. The van der Waals surface area contributed by atoms with Gasteiger partial charge in [-0.2, -0.15) is 0 Å². The van der Waals surface area contributed by atoms with Crippen molar-refractivity contribution in [2.24, 2.45) is 0 Å². The van der Waals surface area contributed by atoms with E-state index in [9.17, 15) is 4.79 Å². The molecule has 2 aromatic carbocycles. The van der Waals surface area contributed by atoms with Gasteiger partial charge in [0.2, 0.25) is 0 Å². The molecule has 4 aromatic rings. The Bertz CT molecular complexity index is 1200. The van der Waals surface area contributed by atoms with Crippen molar-refractivity contribution in [3.63, 3.8) is 0 Å². The van der Waals surface area contributed by atoms with Gasteiger partial charge in [0.05, 0.1) is 17.6 Å². The molecular weight excluding hydrogens is 400 g/mol. The number of para-hydroxylation sites is 2. The summed E-state index contributed by atoms with van der Waals surface area (Å²) in [5, 5.41) is 2.93. The monoisotopic (exact) mass is 428 g/mol. The van der Waals surface area contributed by atoms with Gasteiger partial charge in [-0.1, -0.05) is 35.9 Å². The fourth-order valence-electron chi connectivity index (χ4n) is 3.81. The number of nitrogens with zero attached hydrogens (tertiary/aromatic N) is 3. The third kappa shape index (κ3) is 5.14. The molecule has 4 rings (SSSR count). The van der Waals surface area contributed by atoms with Gasteiger partial charge in [0.15, 0.2) is 0 Å². The highest BCUT2D eigenvalue weighted by molar-refractivity contribution is 5.92. The molecule has 0 aliphatic rings. The molecule has 0 spiro atoms. The molecule has 0 saturated heterocycles. The van der Waals surface area contributed by atoms with E-state index < -0.39 is 0 Å². The molecule has 2 aromatic heterocycles. The summed E-state index contributed by atoms with van der Waals surface area (Å²) >= 11 is 0. The number of carbonyl (C=O) groups is 1. The fraction of sp³-hybridized carbons (Fsp3) is 0.269. The van der Waals surface area contributed by atoms with Crippen molar-refractivity contribution in [3.8, 4) is 5.75 Å². The van der Waals surface area contributed by atoms with Crippen molar-refractivity contribution in [3.05, 3.63) is 89.5 Å². The van der Waals surface area contributed by atoms with Crippen molar-refractivity contribution in [1.29, 1.82) is 0 Å². The number of aryl methyl sites for hydroxylation is 3. The van der Waals surface area contributed by atoms with Gasteiger partial charge < -0.3 is 14.6 Å². The number of aromatic nitrogens is 3. The van der Waals surface area contributed by atoms with Gasteiger partial charge in [-0.3, -0.25) is 9.78 Å². The second-order valence-corrected chi connectivity index (χ2v) is 7.86. The molecule has 0 unspecified atom stereocenters. The minimum Gasteiger partial charge on any atom is -0.491 e. The van der Waals surface area contributed by atoms with E-state index in [0.717, 1.165) is 41.0 Å². The number of carbonyl (C=O) groups excluding carboxylic acids is 1. The summed E-state index contributed by atoms with van der Waals surface area (Å²) in [6.07, 6.45) is 3.18. The molecule has 164 valence electrons. The van der Waals surface area contributed by atoms with Crippen LogP contribution >= 0.6 is 0 Å². The van der Waals surface area contributed by atoms with E-state index in [1.807, 2.05) is 30.3 Å². The lowest BCUT2D eigenvalue weighted by molar-refractivity contribution is 0.0948. The van der Waals surface area contributed by atoms with Crippen LogP contribution in [0.1, 0.15) is 33.9 Å². The summed E-state index contributed by atoms with van der Waals surface area (Å²) in [5.74, 6) is 1.77. The van der Waals surface area contributed by atoms with E-state index >= 15 is 0 Å². The molecule has 6 heteroatoms. The first-order valence-corrected chi connectivity index (χ1v) is 11.0. The normalized spacial score (nSPS) is 10.9. The van der Waals surface area contributed by atoms with Crippen LogP contribution in [0.4, 0.5) is 0 Å². The Labute approximate surface area is 188 Å². The molecule has 0 saturated carbocycles. The first kappa shape index (κ1) is 21.6. The number of hydrogen-bond acceptors (Lipinski definition) is 4. The number of fused-ring (bicyclic) bond motifs is 1. The highest BCUT2D eigenvalue weighted by Gasteiger charge is 2.11. The maximum atomic E-state index is 12.2. The average molecular weight is 429 g/mol. The van der Waals surface area contributed by atoms with Gasteiger partial charge in [0, 0.05) is 19.2 Å². The molecule has 0 radical (unpaired) electrons. The molecule has 2 heterocycles. The summed E-state index contributed by atoms with van der Waals surface area (Å²) in [5.41, 5.74) is 4.89. The molecule has 0 bridgehead atoms. The molecule has 32 heavy (non-hydrogen) atoms. The fourth-order valence-corrected chi connectivity index (χ4v) is 3.81. The minimum absolute atomic E-state index is 0.152. The van der Waals surface area contributed by atoms with Crippen LogP contribution < -0.4 is 10.1 Å². The standard InChI is InChI=1S/C26H28N4O2/c1-19-12-13-24(20(2)18-19)32-17-16-30-23-10-4-3-8-21(23)29-25(30)11-7-15-28-26(31)22-9-5-6-14-27-22/h3-6,8-10,12-14,18H,7,11,15-17H2,1-2H3,(H,28,31). The Morgan fingerprint density at radius 2 is 1.91 bits per heavy atom. The minimum atomic E-state index is -0.152. The van der Waals surface area contributed by atoms with Gasteiger partial charge in [-0.25, -0.2) is 4.98 Å². The second kappa shape index (κ2) is 10.1. The molecule has 0 aliphatic carbocycles. The van der Waals surface area contributed by atoms with Gasteiger partial charge in [-0.05, 0) is 56.2 Å². The molecule has 1 N–H and O–H groups in total. The van der Waals surface area contributed by atoms with E-state index in [0.29, 0.717) is 25.4 Å². The zero-order valence-corrected chi connectivity index (χ0v) is 18.5. The largest absolute Gasteiger partial charge is 0.491 e. The third-order valence-electron chi connectivity index (χ3n) is 5.40. The lowest BCUT2D eigenvalue weighted by Gasteiger charge is -2.13. The quantitative estimate of drug-likeness (QED) is 0.399. The zero-order valence-electron chi connectivity index (χ0n) is 18.5. The maximum Gasteiger partial charge on any atom is 0.269 e. The molecule has 0 atom stereocenters. The van der Waals surface area contributed by atoms with E-state index in [-0.39, 0.29) is 5.91 Å². The molecule has 6 nitrogen and oxygen atoms in total. The summed E-state index contributed by atoms with van der Waals surface area (Å²) < 4.78 is 8.28. The van der Waals surface area contributed by atoms with E-state index in [1.54, 1.807) is 18.3 Å². The SMILES string of the molecule is Cc1ccc(OCCn2c(CCCNC(=O)c3ccccn3)nc3ccccc32)c(C)c1. The Kier molecular flexibility index (Phi) is 6.80. The topological polar surface area (TPSA) is 69.0 Å². The van der Waals surface area contributed by atoms with Crippen LogP contribution in [-0.4, -0.2) is 33.6 Å². The summed E-state index contributed by atoms with van der Waals surface area (Å²) in [7, 11) is 0. The first-order valence-electron chi connectivity index (χ1n) is 11.0. The molecule has 0 aliphatic heterocycles. The summed E-state index contributed by atoms with van der Waals surface area (Å²) in [4.78, 5) is 21.1. The number of amides is 1. The van der Waals surface area contributed by atoms with Crippen LogP contribution in [0.3, 0.4) is 0 Å². The van der Waals surface area contributed by atoms with Crippen molar-refractivity contribution >= 4 is 16.9 Å². The number of pyridine rings is 1. The van der Waals surface area contributed by atoms with Gasteiger partial charge in [0.25, 0.3) is 5.91 Å². The number of rotatable bonds is 9. The summed E-state index contributed by atoms with van der Waals surface area (Å²) in [6.45, 7) is 5.99. The Morgan fingerprint density at radius 1 is 1.06 bits per heavy atom. The van der Waals surface area contributed by atoms with E-state index in [4.69, 9.17) is 9.72 Å². The van der Waals surface area contributed by atoms with Crippen molar-refractivity contribution < 1.29 is 9.53 Å². The van der Waals surface area contributed by atoms with E-state index in [1.165, 1.54) is 5.56 Å². The van der Waals surface area contributed by atoms with E-state index in [2.05, 4.69) is 46.9 Å². The van der Waals surface area contributed by atoms with Crippen LogP contribution in [-0.2, 0) is 13.0 Å². The first-order chi connectivity index (χ1) is 15.6. The highest BCUT2D eigenvalue weighted by atomic mass is 16.5. The zero-order chi connectivity index (χ0) is 22.3. The van der Waals surface area contributed by atoms with Crippen molar-refractivity contribution in [1.82, 2.24) is 19.9 Å². The maximum absolute atomic E-state index is 12.2. The second-order valence-electron chi connectivity index (χ2n) is 7.86. The molecular formula is C26H28N4O2. The molecule has 0 fully saturated rings. The Hall–Kier alpha value is -3.67. The Balaban J connectivity index is 1.38. The number of imidazole rings is 1. The van der Waals surface area contributed by atoms with Crippen LogP contribution in [0.25, 0.3) is 11.0 Å². The van der Waals surface area contributed by atoms with Crippen molar-refractivity contribution in [2.45, 2.75) is 33.2 Å². The average Bonchev–Trinajstić information content (AvgIpc) is 3.16. The number of hydrogen-bond donors (Lipinski definition) is 1. The van der Waals surface area contributed by atoms with Gasteiger partial charge >= 0.3 is 0 Å². The van der Waals surface area contributed by atoms with Gasteiger partial charge in [-0.15, -0.1) is 0 Å². The number of nitrogens with one attached hydrogen (secondary N) is 1. The predicted molar refractivity (Wildman–Crippen MR) is 126 cm³/mol. The lowest BCUT2D eigenvalue weighted by Crippen LogP contribution is -2.25. The van der Waals surface area contributed by atoms with Gasteiger partial charge in [0.1, 0.15) is 23.9 Å². The number of benzene rings is 2. The van der Waals surface area contributed by atoms with Crippen LogP contribution in [0, 0.1) is 13.8 Å². The lowest BCUT2D eigenvalue weighted by atomic mass is 10.1. The van der Waals surface area contributed by atoms with Crippen LogP contribution in [0.2, 0.25) is 0 Å². The Morgan fingerprint density at radius 3 is 2.72 bits per heavy atom. The van der Waals surface area contributed by atoms with Crippen LogP contribution in [0.15, 0.2) is 66.9 Å². The molecule has 1 amide bonds. The number of ether oxygens (including phenoxy) is 1. The van der Waals surface area contributed by atoms with Crippen LogP contribution in [0.5, 0.6) is 5.75 Å². The highest BCUT2D eigenvalue weighted by Crippen LogP contribution is 2.20. The smallest absolute Gasteiger partial charge is 0.269 e. The van der Waals surface area contributed by atoms with Crippen molar-refractivity contribution in [2.75, 3.05) is 13.2 Å². The summed E-state index contributed by atoms with van der Waals surface area (Å²) in [6, 6.07) is 19.7.